The lowest BCUT2D eigenvalue weighted by atomic mass is 9.85. The highest BCUT2D eigenvalue weighted by molar-refractivity contribution is 5.83. The third kappa shape index (κ3) is 7.13. The van der Waals surface area contributed by atoms with Crippen molar-refractivity contribution in [1.29, 1.82) is 0 Å². The second-order valence-electron chi connectivity index (χ2n) is 13.0. The lowest BCUT2D eigenvalue weighted by Crippen LogP contribution is -2.51. The molecule has 0 aliphatic carbocycles. The van der Waals surface area contributed by atoms with E-state index in [-0.39, 0.29) is 60.2 Å². The first kappa shape index (κ1) is 33.6. The number of halogens is 3. The number of likely N-dealkylation sites (tertiary alicyclic amines) is 1. The first-order chi connectivity index (χ1) is 23.3. The van der Waals surface area contributed by atoms with E-state index in [1.165, 1.54) is 17.7 Å². The maximum absolute atomic E-state index is 15.9. The lowest BCUT2D eigenvalue weighted by Gasteiger charge is -2.39. The molecular weight excluding hydrogens is 637 g/mol. The van der Waals surface area contributed by atoms with Crippen LogP contribution in [0.1, 0.15) is 49.8 Å². The van der Waals surface area contributed by atoms with Crippen LogP contribution in [-0.4, -0.2) is 49.7 Å². The number of pyridine rings is 1. The first-order valence-corrected chi connectivity index (χ1v) is 15.9. The summed E-state index contributed by atoms with van der Waals surface area (Å²) in [5.41, 5.74) is 0.425. The molecule has 1 saturated heterocycles. The summed E-state index contributed by atoms with van der Waals surface area (Å²) in [6, 6.07) is 24.5. The number of carbonyl (C=O) groups excluding carboxylic acids is 1. The third-order valence-electron chi connectivity index (χ3n) is 8.30. The average molecular weight is 675 g/mol. The molecule has 3 heterocycles. The maximum Gasteiger partial charge on any atom is 0.410 e. The first-order valence-electron chi connectivity index (χ1n) is 15.9. The number of aryl methyl sites for hydroxylation is 1. The molecule has 6 rings (SSSR count). The number of hydrogen-bond acceptors (Lipinski definition) is 6. The highest BCUT2D eigenvalue weighted by atomic mass is 19.3. The van der Waals surface area contributed by atoms with E-state index in [2.05, 4.69) is 4.98 Å². The summed E-state index contributed by atoms with van der Waals surface area (Å²) in [5.74, 6) is -5.71. The minimum Gasteiger partial charge on any atom is -0.473 e. The molecule has 2 aromatic heterocycles. The number of alkyl halides is 2. The molecule has 1 aliphatic heterocycles. The van der Waals surface area contributed by atoms with Crippen LogP contribution in [0.15, 0.2) is 89.7 Å². The van der Waals surface area contributed by atoms with Crippen LogP contribution in [0.2, 0.25) is 0 Å². The molecule has 1 aliphatic rings. The van der Waals surface area contributed by atoms with E-state index in [4.69, 9.17) is 14.2 Å². The standard InChI is InChI=1S/C37H37F3N4O5/c1-36(2,3)49-35(46)43-20-19-26(37(39,40)23-43)31-27(38)15-16-28-32(31)42(4)34(45)44(28)29-17-18-30(47-21-24-11-7-5-8-12-24)41-33(29)48-22-25-13-9-6-10-14-25/h5-18,26H,19-23H2,1-4H3. The Hall–Kier alpha value is -5.26. The van der Waals surface area contributed by atoms with E-state index in [0.29, 0.717) is 0 Å². The van der Waals surface area contributed by atoms with Gasteiger partial charge in [-0.05, 0) is 56.5 Å². The minimum absolute atomic E-state index is 0.0128. The molecule has 0 bridgehead atoms. The monoisotopic (exact) mass is 674 g/mol. The van der Waals surface area contributed by atoms with Crippen LogP contribution >= 0.6 is 0 Å². The van der Waals surface area contributed by atoms with Crippen molar-refractivity contribution in [2.24, 2.45) is 7.05 Å². The van der Waals surface area contributed by atoms with Crippen molar-refractivity contribution < 1.29 is 32.2 Å². The Bertz CT molecular complexity index is 2020. The largest absolute Gasteiger partial charge is 0.473 e. The highest BCUT2D eigenvalue weighted by Gasteiger charge is 2.49. The predicted octanol–water partition coefficient (Wildman–Crippen LogP) is 7.38. The number of ether oxygens (including phenoxy) is 3. The summed E-state index contributed by atoms with van der Waals surface area (Å²) >= 11 is 0. The van der Waals surface area contributed by atoms with E-state index in [1.807, 2.05) is 60.7 Å². The van der Waals surface area contributed by atoms with Gasteiger partial charge in [0.05, 0.1) is 23.5 Å². The molecule has 0 saturated carbocycles. The van der Waals surface area contributed by atoms with Gasteiger partial charge in [0.25, 0.3) is 5.92 Å². The summed E-state index contributed by atoms with van der Waals surface area (Å²) in [7, 11) is 1.41. The van der Waals surface area contributed by atoms with Crippen molar-refractivity contribution in [3.63, 3.8) is 0 Å². The average Bonchev–Trinajstić information content (AvgIpc) is 3.32. The summed E-state index contributed by atoms with van der Waals surface area (Å²) in [5, 5.41) is 0. The molecule has 0 radical (unpaired) electrons. The predicted molar refractivity (Wildman–Crippen MR) is 178 cm³/mol. The molecular formula is C37H37F3N4O5. The van der Waals surface area contributed by atoms with Gasteiger partial charge in [-0.2, -0.15) is 4.98 Å². The molecule has 0 spiro atoms. The number of aromatic nitrogens is 3. The molecule has 1 fully saturated rings. The number of benzene rings is 3. The van der Waals surface area contributed by atoms with E-state index in [1.54, 1.807) is 32.9 Å². The summed E-state index contributed by atoms with van der Waals surface area (Å²) in [6.07, 6.45) is -1.11. The number of amides is 1. The topological polar surface area (TPSA) is 87.8 Å². The van der Waals surface area contributed by atoms with Gasteiger partial charge in [0.1, 0.15) is 30.3 Å². The van der Waals surface area contributed by atoms with Gasteiger partial charge in [0, 0.05) is 25.2 Å². The van der Waals surface area contributed by atoms with Gasteiger partial charge in [-0.25, -0.2) is 22.8 Å². The number of carbonyl (C=O) groups is 1. The van der Waals surface area contributed by atoms with Gasteiger partial charge >= 0.3 is 11.8 Å². The van der Waals surface area contributed by atoms with Crippen molar-refractivity contribution in [2.75, 3.05) is 13.1 Å². The summed E-state index contributed by atoms with van der Waals surface area (Å²) in [4.78, 5) is 32.1. The Labute approximate surface area is 281 Å². The molecule has 3 aromatic carbocycles. The minimum atomic E-state index is -3.52. The van der Waals surface area contributed by atoms with Gasteiger partial charge in [-0.3, -0.25) is 9.13 Å². The molecule has 256 valence electrons. The molecule has 0 N–H and O–H groups in total. The van der Waals surface area contributed by atoms with E-state index >= 15 is 13.2 Å². The number of hydrogen-bond donors (Lipinski definition) is 0. The van der Waals surface area contributed by atoms with Crippen LogP contribution in [0, 0.1) is 5.82 Å². The zero-order valence-corrected chi connectivity index (χ0v) is 27.7. The van der Waals surface area contributed by atoms with Crippen LogP contribution in [0.5, 0.6) is 11.8 Å². The number of fused-ring (bicyclic) bond motifs is 1. The van der Waals surface area contributed by atoms with Crippen molar-refractivity contribution in [3.8, 4) is 17.4 Å². The molecule has 1 atom stereocenters. The second-order valence-corrected chi connectivity index (χ2v) is 13.0. The molecule has 1 unspecified atom stereocenters. The van der Waals surface area contributed by atoms with Gasteiger partial charge in [-0.1, -0.05) is 60.7 Å². The SMILES string of the molecule is Cn1c(=O)n(-c2ccc(OCc3ccccc3)nc2OCc2ccccc2)c2ccc(F)c(C3CCN(C(=O)OC(C)(C)C)CC3(F)F)c21. The highest BCUT2D eigenvalue weighted by Crippen LogP contribution is 2.44. The van der Waals surface area contributed by atoms with Gasteiger partial charge < -0.3 is 19.1 Å². The molecule has 9 nitrogen and oxygen atoms in total. The molecule has 1 amide bonds. The zero-order valence-electron chi connectivity index (χ0n) is 27.7. The Morgan fingerprint density at radius 2 is 1.55 bits per heavy atom. The maximum atomic E-state index is 15.9. The quantitative estimate of drug-likeness (QED) is 0.171. The number of piperidine rings is 1. The van der Waals surface area contributed by atoms with Gasteiger partial charge in [-0.15, -0.1) is 0 Å². The number of imidazole rings is 1. The lowest BCUT2D eigenvalue weighted by molar-refractivity contribution is -0.0852. The molecule has 49 heavy (non-hydrogen) atoms. The fourth-order valence-electron chi connectivity index (χ4n) is 6.03. The smallest absolute Gasteiger partial charge is 0.410 e. The third-order valence-corrected chi connectivity index (χ3v) is 8.30. The summed E-state index contributed by atoms with van der Waals surface area (Å²) < 4.78 is 67.3. The Balaban J connectivity index is 1.40. The fourth-order valence-corrected chi connectivity index (χ4v) is 6.03. The van der Waals surface area contributed by atoms with Crippen LogP contribution in [-0.2, 0) is 25.0 Å². The molecule has 12 heteroatoms. The van der Waals surface area contributed by atoms with Crippen molar-refractivity contribution in [2.45, 2.75) is 57.8 Å². The number of nitrogens with zero attached hydrogens (tertiary/aromatic N) is 4. The Morgan fingerprint density at radius 1 is 0.918 bits per heavy atom. The van der Waals surface area contributed by atoms with Crippen LogP contribution < -0.4 is 15.2 Å². The van der Waals surface area contributed by atoms with Crippen LogP contribution in [0.25, 0.3) is 16.7 Å². The Kier molecular flexibility index (Phi) is 9.15. The fraction of sp³-hybridized carbons (Fsp3) is 0.324. The van der Waals surface area contributed by atoms with Crippen molar-refractivity contribution in [1.82, 2.24) is 19.0 Å². The van der Waals surface area contributed by atoms with Crippen LogP contribution in [0.4, 0.5) is 18.0 Å². The van der Waals surface area contributed by atoms with Crippen LogP contribution in [0.3, 0.4) is 0 Å². The second kappa shape index (κ2) is 13.3. The Morgan fingerprint density at radius 3 is 2.16 bits per heavy atom. The van der Waals surface area contributed by atoms with Gasteiger partial charge in [0.2, 0.25) is 11.8 Å². The number of rotatable bonds is 8. The zero-order chi connectivity index (χ0) is 34.9. The van der Waals surface area contributed by atoms with E-state index < -0.39 is 41.6 Å². The van der Waals surface area contributed by atoms with Gasteiger partial charge in [0.15, 0.2) is 0 Å². The summed E-state index contributed by atoms with van der Waals surface area (Å²) in [6.45, 7) is 4.27. The van der Waals surface area contributed by atoms with E-state index in [0.717, 1.165) is 26.7 Å². The van der Waals surface area contributed by atoms with E-state index in [9.17, 15) is 9.59 Å². The molecule has 5 aromatic rings. The normalized spacial score (nSPS) is 16.1. The van der Waals surface area contributed by atoms with Crippen molar-refractivity contribution in [3.05, 3.63) is 118 Å². The van der Waals surface area contributed by atoms with Crippen molar-refractivity contribution >= 4 is 17.1 Å².